The lowest BCUT2D eigenvalue weighted by Gasteiger charge is -2.22. The minimum atomic E-state index is 0.104. The minimum absolute atomic E-state index is 0.104. The number of rotatable bonds is 2. The fraction of sp³-hybridized carbons (Fsp3) is 0.545. The Bertz CT molecular complexity index is 449. The van der Waals surface area contributed by atoms with Crippen LogP contribution in [0.2, 0.25) is 0 Å². The number of nitrogens with one attached hydrogen (secondary N) is 1. The highest BCUT2D eigenvalue weighted by Crippen LogP contribution is 2.19. The van der Waals surface area contributed by atoms with Gasteiger partial charge in [-0.15, -0.1) is 0 Å². The van der Waals surface area contributed by atoms with Crippen molar-refractivity contribution in [2.45, 2.75) is 13.3 Å². The van der Waals surface area contributed by atoms with Gasteiger partial charge in [0.15, 0.2) is 0 Å². The molecular weight excluding hydrogens is 232 g/mol. The van der Waals surface area contributed by atoms with Gasteiger partial charge in [0, 0.05) is 31.9 Å². The lowest BCUT2D eigenvalue weighted by molar-refractivity contribution is -0.127. The summed E-state index contributed by atoms with van der Waals surface area (Å²) in [5.41, 5.74) is 3.36. The molecule has 0 saturated carbocycles. The summed E-state index contributed by atoms with van der Waals surface area (Å²) in [7, 11) is 1.82. The molecule has 18 heavy (non-hydrogen) atoms. The highest BCUT2D eigenvalue weighted by Gasteiger charge is 2.21. The third-order valence-corrected chi connectivity index (χ3v) is 3.05. The van der Waals surface area contributed by atoms with Crippen LogP contribution in [0.4, 0.5) is 11.8 Å². The molecule has 0 atom stereocenters. The molecule has 3 N–H and O–H groups in total. The number of aryl methyl sites for hydroxylation is 1. The number of likely N-dealkylation sites (N-methyl/N-ethyl adjacent to an activating group) is 1. The molecule has 1 saturated heterocycles. The second kappa shape index (κ2) is 5.18. The third kappa shape index (κ3) is 2.51. The molecule has 98 valence electrons. The molecule has 0 aliphatic carbocycles. The number of carbonyl (C=O) groups excluding carboxylic acids is 1. The van der Waals surface area contributed by atoms with Gasteiger partial charge < -0.3 is 9.80 Å². The Hall–Kier alpha value is -1.89. The molecular formula is C11H18N6O. The molecule has 1 aromatic rings. The Balaban J connectivity index is 2.27. The van der Waals surface area contributed by atoms with Crippen molar-refractivity contribution in [3.8, 4) is 0 Å². The first-order valence-corrected chi connectivity index (χ1v) is 5.91. The molecule has 1 aliphatic rings. The third-order valence-electron chi connectivity index (χ3n) is 3.05. The van der Waals surface area contributed by atoms with E-state index in [1.807, 2.05) is 18.9 Å². The van der Waals surface area contributed by atoms with E-state index < -0.39 is 0 Å². The Labute approximate surface area is 106 Å². The maximum absolute atomic E-state index is 11.9. The van der Waals surface area contributed by atoms with Crippen LogP contribution in [0.1, 0.15) is 12.0 Å². The van der Waals surface area contributed by atoms with Crippen molar-refractivity contribution >= 4 is 17.7 Å². The average Bonchev–Trinajstić information content (AvgIpc) is 2.53. The zero-order chi connectivity index (χ0) is 13.1. The monoisotopic (exact) mass is 250 g/mol. The number of nitrogen functional groups attached to an aromatic ring is 1. The maximum atomic E-state index is 11.9. The number of aromatic nitrogens is 2. The second-order valence-corrected chi connectivity index (χ2v) is 4.43. The number of anilines is 2. The minimum Gasteiger partial charge on any atom is -0.347 e. The first-order chi connectivity index (χ1) is 8.61. The van der Waals surface area contributed by atoms with Crippen LogP contribution < -0.4 is 16.2 Å². The van der Waals surface area contributed by atoms with Crippen molar-refractivity contribution in [1.82, 2.24) is 14.9 Å². The molecule has 2 rings (SSSR count). The van der Waals surface area contributed by atoms with Gasteiger partial charge in [-0.2, -0.15) is 4.98 Å². The Kier molecular flexibility index (Phi) is 3.61. The summed E-state index contributed by atoms with van der Waals surface area (Å²) in [6, 6.07) is 0. The van der Waals surface area contributed by atoms with Crippen LogP contribution in [0.3, 0.4) is 0 Å². The van der Waals surface area contributed by atoms with Crippen LogP contribution in [-0.4, -0.2) is 47.5 Å². The van der Waals surface area contributed by atoms with Gasteiger partial charge in [-0.25, -0.2) is 10.8 Å². The summed E-state index contributed by atoms with van der Waals surface area (Å²) < 4.78 is 0. The molecule has 1 fully saturated rings. The summed E-state index contributed by atoms with van der Waals surface area (Å²) in [4.78, 5) is 24.0. The first kappa shape index (κ1) is 12.6. The van der Waals surface area contributed by atoms with Gasteiger partial charge in [-0.05, 0) is 13.3 Å². The molecule has 0 spiro atoms. The van der Waals surface area contributed by atoms with E-state index in [-0.39, 0.29) is 5.91 Å². The fourth-order valence-corrected chi connectivity index (χ4v) is 1.99. The Morgan fingerprint density at radius 1 is 1.44 bits per heavy atom. The van der Waals surface area contributed by atoms with Crippen LogP contribution in [0.5, 0.6) is 0 Å². The Morgan fingerprint density at radius 3 is 2.94 bits per heavy atom. The number of amides is 1. The number of hydrazine groups is 1. The molecule has 1 amide bonds. The molecule has 1 aromatic heterocycles. The number of nitrogens with zero attached hydrogens (tertiary/aromatic N) is 4. The number of hydrogen-bond donors (Lipinski definition) is 2. The van der Waals surface area contributed by atoms with Crippen LogP contribution in [-0.2, 0) is 4.79 Å². The zero-order valence-corrected chi connectivity index (χ0v) is 10.7. The molecule has 7 nitrogen and oxygen atoms in total. The maximum Gasteiger partial charge on any atom is 0.241 e. The van der Waals surface area contributed by atoms with Crippen molar-refractivity contribution in [2.24, 2.45) is 5.84 Å². The highest BCUT2D eigenvalue weighted by molar-refractivity contribution is 5.81. The fourth-order valence-electron chi connectivity index (χ4n) is 1.99. The zero-order valence-electron chi connectivity index (χ0n) is 10.7. The number of nitrogens with two attached hydrogens (primary N) is 1. The van der Waals surface area contributed by atoms with Crippen molar-refractivity contribution in [1.29, 1.82) is 0 Å². The second-order valence-electron chi connectivity index (χ2n) is 4.43. The van der Waals surface area contributed by atoms with E-state index in [4.69, 9.17) is 5.84 Å². The summed E-state index contributed by atoms with van der Waals surface area (Å²) in [5.74, 6) is 6.54. The average molecular weight is 250 g/mol. The van der Waals surface area contributed by atoms with Gasteiger partial charge >= 0.3 is 0 Å². The lowest BCUT2D eigenvalue weighted by atomic mass is 10.3. The van der Waals surface area contributed by atoms with Gasteiger partial charge in [-0.1, -0.05) is 0 Å². The lowest BCUT2D eigenvalue weighted by Crippen LogP contribution is -2.35. The van der Waals surface area contributed by atoms with E-state index in [0.29, 0.717) is 12.5 Å². The Morgan fingerprint density at radius 2 is 2.22 bits per heavy atom. The van der Waals surface area contributed by atoms with Crippen LogP contribution in [0.25, 0.3) is 0 Å². The molecule has 0 radical (unpaired) electrons. The molecule has 0 aromatic carbocycles. The number of carbonyl (C=O) groups is 1. The summed E-state index contributed by atoms with van der Waals surface area (Å²) in [6.45, 7) is 3.85. The van der Waals surface area contributed by atoms with Gasteiger partial charge in [-0.3, -0.25) is 10.2 Å². The topological polar surface area (TPSA) is 87.4 Å². The van der Waals surface area contributed by atoms with Gasteiger partial charge in [0.1, 0.15) is 5.82 Å². The SMILES string of the molecule is Cc1cnc(NN)nc1N1CCCN(C)C(=O)C1. The van der Waals surface area contributed by atoms with Crippen molar-refractivity contribution < 1.29 is 4.79 Å². The van der Waals surface area contributed by atoms with E-state index in [1.54, 1.807) is 11.1 Å². The summed E-state index contributed by atoms with van der Waals surface area (Å²) in [6.07, 6.45) is 2.63. The van der Waals surface area contributed by atoms with Crippen molar-refractivity contribution in [2.75, 3.05) is 37.0 Å². The smallest absolute Gasteiger partial charge is 0.241 e. The van der Waals surface area contributed by atoms with Crippen molar-refractivity contribution in [3.63, 3.8) is 0 Å². The van der Waals surface area contributed by atoms with Gasteiger partial charge in [0.25, 0.3) is 0 Å². The largest absolute Gasteiger partial charge is 0.347 e. The van der Waals surface area contributed by atoms with Crippen molar-refractivity contribution in [3.05, 3.63) is 11.8 Å². The molecule has 2 heterocycles. The van der Waals surface area contributed by atoms with E-state index in [9.17, 15) is 4.79 Å². The molecule has 0 unspecified atom stereocenters. The number of hydrogen-bond acceptors (Lipinski definition) is 6. The predicted octanol–water partition coefficient (Wildman–Crippen LogP) is -0.261. The normalized spacial score (nSPS) is 16.7. The molecule has 1 aliphatic heterocycles. The van der Waals surface area contributed by atoms with Crippen LogP contribution >= 0.6 is 0 Å². The van der Waals surface area contributed by atoms with Gasteiger partial charge in [0.2, 0.25) is 11.9 Å². The molecule has 7 heteroatoms. The van der Waals surface area contributed by atoms with E-state index >= 15 is 0 Å². The van der Waals surface area contributed by atoms with E-state index in [1.165, 1.54) is 0 Å². The van der Waals surface area contributed by atoms with E-state index in [0.717, 1.165) is 30.9 Å². The van der Waals surface area contributed by atoms with Crippen LogP contribution in [0.15, 0.2) is 6.20 Å². The summed E-state index contributed by atoms with van der Waals surface area (Å²) >= 11 is 0. The van der Waals surface area contributed by atoms with Crippen LogP contribution in [0, 0.1) is 6.92 Å². The first-order valence-electron chi connectivity index (χ1n) is 5.91. The van der Waals surface area contributed by atoms with Gasteiger partial charge in [0.05, 0.1) is 6.54 Å². The summed E-state index contributed by atoms with van der Waals surface area (Å²) in [5, 5.41) is 0. The standard InChI is InChI=1S/C11H18N6O/c1-8-6-13-11(15-12)14-10(8)17-5-3-4-16(2)9(18)7-17/h6H,3-5,7,12H2,1-2H3,(H,13,14,15). The predicted molar refractivity (Wildman–Crippen MR) is 69.0 cm³/mol. The highest BCUT2D eigenvalue weighted by atomic mass is 16.2. The van der Waals surface area contributed by atoms with E-state index in [2.05, 4.69) is 15.4 Å². The quantitative estimate of drug-likeness (QED) is 0.555. The molecule has 0 bridgehead atoms.